The maximum Gasteiger partial charge on any atom is 0.143 e. The lowest BCUT2D eigenvalue weighted by Gasteiger charge is -2.35. The van der Waals surface area contributed by atoms with E-state index >= 15 is 0 Å². The Balaban J connectivity index is 3.16. The van der Waals surface area contributed by atoms with Crippen LogP contribution in [0.3, 0.4) is 0 Å². The SMILES string of the molecule is CCC(CC)N(CC(C)C)c1cccc(OC)c1N. The number of hydrogen-bond acceptors (Lipinski definition) is 3. The van der Waals surface area contributed by atoms with E-state index in [-0.39, 0.29) is 0 Å². The molecule has 0 aromatic heterocycles. The summed E-state index contributed by atoms with van der Waals surface area (Å²) in [5, 5.41) is 0. The van der Waals surface area contributed by atoms with Crippen molar-refractivity contribution in [3.8, 4) is 5.75 Å². The normalized spacial score (nSPS) is 11.1. The van der Waals surface area contributed by atoms with Crippen molar-refractivity contribution < 1.29 is 4.74 Å². The molecule has 0 atom stereocenters. The molecule has 3 nitrogen and oxygen atoms in total. The largest absolute Gasteiger partial charge is 0.495 e. The van der Waals surface area contributed by atoms with E-state index in [9.17, 15) is 0 Å². The summed E-state index contributed by atoms with van der Waals surface area (Å²) in [6.45, 7) is 9.97. The van der Waals surface area contributed by atoms with E-state index in [1.54, 1.807) is 7.11 Å². The summed E-state index contributed by atoms with van der Waals surface area (Å²) >= 11 is 0. The lowest BCUT2D eigenvalue weighted by molar-refractivity contribution is 0.416. The quantitative estimate of drug-likeness (QED) is 0.758. The summed E-state index contributed by atoms with van der Waals surface area (Å²) in [5.74, 6) is 1.36. The number of nitrogens with zero attached hydrogens (tertiary/aromatic N) is 1. The standard InChI is InChI=1S/C16H28N2O/c1-6-13(7-2)18(11-12(3)4)14-9-8-10-15(19-5)16(14)17/h8-10,12-13H,6-7,11,17H2,1-5H3. The number of rotatable bonds is 7. The fourth-order valence-corrected chi connectivity index (χ4v) is 2.53. The predicted octanol–water partition coefficient (Wildman–Crippen LogP) is 3.93. The zero-order valence-corrected chi connectivity index (χ0v) is 12.9. The number of nitrogens with two attached hydrogens (primary N) is 1. The second-order valence-corrected chi connectivity index (χ2v) is 5.41. The van der Waals surface area contributed by atoms with Crippen molar-refractivity contribution in [1.29, 1.82) is 0 Å². The third-order valence-corrected chi connectivity index (χ3v) is 3.52. The van der Waals surface area contributed by atoms with Gasteiger partial charge in [0.05, 0.1) is 18.5 Å². The van der Waals surface area contributed by atoms with Gasteiger partial charge in [-0.15, -0.1) is 0 Å². The van der Waals surface area contributed by atoms with Gasteiger partial charge in [-0.25, -0.2) is 0 Å². The van der Waals surface area contributed by atoms with Crippen LogP contribution in [0.2, 0.25) is 0 Å². The van der Waals surface area contributed by atoms with Crippen molar-refractivity contribution >= 4 is 11.4 Å². The molecular weight excluding hydrogens is 236 g/mol. The van der Waals surface area contributed by atoms with E-state index in [0.717, 1.165) is 36.5 Å². The molecule has 1 aromatic carbocycles. The number of methoxy groups -OCH3 is 1. The van der Waals surface area contributed by atoms with E-state index < -0.39 is 0 Å². The lowest BCUT2D eigenvalue weighted by atomic mass is 10.1. The summed E-state index contributed by atoms with van der Waals surface area (Å²) in [6.07, 6.45) is 2.25. The third kappa shape index (κ3) is 3.79. The highest BCUT2D eigenvalue weighted by molar-refractivity contribution is 5.74. The highest BCUT2D eigenvalue weighted by atomic mass is 16.5. The van der Waals surface area contributed by atoms with Crippen LogP contribution in [0.15, 0.2) is 18.2 Å². The van der Waals surface area contributed by atoms with Crippen molar-refractivity contribution in [2.75, 3.05) is 24.3 Å². The Bertz CT molecular complexity index is 386. The monoisotopic (exact) mass is 264 g/mol. The second-order valence-electron chi connectivity index (χ2n) is 5.41. The average Bonchev–Trinajstić information content (AvgIpc) is 2.39. The van der Waals surface area contributed by atoms with E-state index in [1.165, 1.54) is 0 Å². The summed E-state index contributed by atoms with van der Waals surface area (Å²) in [4.78, 5) is 2.43. The van der Waals surface area contributed by atoms with Gasteiger partial charge in [0.1, 0.15) is 5.75 Å². The van der Waals surface area contributed by atoms with Crippen LogP contribution in [0, 0.1) is 5.92 Å². The first-order valence-corrected chi connectivity index (χ1v) is 7.24. The van der Waals surface area contributed by atoms with Crippen LogP contribution < -0.4 is 15.4 Å². The maximum absolute atomic E-state index is 6.25. The number of hydrogen-bond donors (Lipinski definition) is 1. The molecule has 1 aromatic rings. The van der Waals surface area contributed by atoms with Crippen LogP contribution in [0.5, 0.6) is 5.75 Å². The van der Waals surface area contributed by atoms with Gasteiger partial charge in [0.2, 0.25) is 0 Å². The molecule has 0 saturated heterocycles. The number of nitrogen functional groups attached to an aromatic ring is 1. The molecule has 0 aliphatic rings. The predicted molar refractivity (Wildman–Crippen MR) is 84.0 cm³/mol. The third-order valence-electron chi connectivity index (χ3n) is 3.52. The van der Waals surface area contributed by atoms with Gasteiger partial charge in [-0.3, -0.25) is 0 Å². The number of para-hydroxylation sites is 1. The molecular formula is C16H28N2O. The minimum Gasteiger partial charge on any atom is -0.495 e. The summed E-state index contributed by atoms with van der Waals surface area (Å²) in [6, 6.07) is 6.55. The first-order chi connectivity index (χ1) is 9.04. The summed E-state index contributed by atoms with van der Waals surface area (Å²) in [7, 11) is 1.67. The van der Waals surface area contributed by atoms with Gasteiger partial charge >= 0.3 is 0 Å². The molecule has 0 radical (unpaired) electrons. The van der Waals surface area contributed by atoms with Crippen LogP contribution >= 0.6 is 0 Å². The van der Waals surface area contributed by atoms with Crippen LogP contribution in [0.4, 0.5) is 11.4 Å². The fraction of sp³-hybridized carbons (Fsp3) is 0.625. The molecule has 19 heavy (non-hydrogen) atoms. The average molecular weight is 264 g/mol. The molecule has 3 heteroatoms. The fourth-order valence-electron chi connectivity index (χ4n) is 2.53. The number of anilines is 2. The van der Waals surface area contributed by atoms with Gasteiger partial charge in [0.25, 0.3) is 0 Å². The zero-order valence-electron chi connectivity index (χ0n) is 12.9. The van der Waals surface area contributed by atoms with Gasteiger partial charge in [-0.2, -0.15) is 0 Å². The molecule has 0 amide bonds. The molecule has 1 rings (SSSR count). The molecule has 0 fully saturated rings. The van der Waals surface area contributed by atoms with Crippen molar-refractivity contribution in [3.63, 3.8) is 0 Å². The van der Waals surface area contributed by atoms with Crippen molar-refractivity contribution in [2.24, 2.45) is 5.92 Å². The van der Waals surface area contributed by atoms with E-state index in [1.807, 2.05) is 12.1 Å². The highest BCUT2D eigenvalue weighted by Crippen LogP contribution is 2.34. The van der Waals surface area contributed by atoms with Crippen LogP contribution in [-0.4, -0.2) is 19.7 Å². The Kier molecular flexibility index (Phi) is 6.00. The van der Waals surface area contributed by atoms with Gasteiger partial charge in [-0.1, -0.05) is 33.8 Å². The van der Waals surface area contributed by atoms with Crippen LogP contribution in [0.25, 0.3) is 0 Å². The number of benzene rings is 1. The topological polar surface area (TPSA) is 38.5 Å². The molecule has 0 bridgehead atoms. The van der Waals surface area contributed by atoms with Crippen molar-refractivity contribution in [3.05, 3.63) is 18.2 Å². The molecule has 2 N–H and O–H groups in total. The zero-order chi connectivity index (χ0) is 14.4. The molecule has 0 unspecified atom stereocenters. The minimum atomic E-state index is 0.525. The molecule has 0 spiro atoms. The maximum atomic E-state index is 6.25. The molecule has 0 aliphatic carbocycles. The van der Waals surface area contributed by atoms with Crippen molar-refractivity contribution in [1.82, 2.24) is 0 Å². The Morgan fingerprint density at radius 3 is 2.32 bits per heavy atom. The lowest BCUT2D eigenvalue weighted by Crippen LogP contribution is -2.37. The van der Waals surface area contributed by atoms with Gasteiger partial charge in [-0.05, 0) is 30.9 Å². The summed E-state index contributed by atoms with van der Waals surface area (Å²) in [5.41, 5.74) is 8.10. The van der Waals surface area contributed by atoms with Gasteiger partial charge in [0, 0.05) is 12.6 Å². The highest BCUT2D eigenvalue weighted by Gasteiger charge is 2.20. The van der Waals surface area contributed by atoms with Gasteiger partial charge < -0.3 is 15.4 Å². The van der Waals surface area contributed by atoms with E-state index in [2.05, 4.69) is 38.7 Å². The molecule has 108 valence electrons. The Labute approximate surface area is 117 Å². The molecule has 0 aliphatic heterocycles. The Morgan fingerprint density at radius 1 is 1.21 bits per heavy atom. The summed E-state index contributed by atoms with van der Waals surface area (Å²) < 4.78 is 5.34. The van der Waals surface area contributed by atoms with Crippen LogP contribution in [0.1, 0.15) is 40.5 Å². The van der Waals surface area contributed by atoms with Crippen molar-refractivity contribution in [2.45, 2.75) is 46.6 Å². The molecule has 0 saturated carbocycles. The second kappa shape index (κ2) is 7.27. The smallest absolute Gasteiger partial charge is 0.143 e. The first kappa shape index (κ1) is 15.7. The first-order valence-electron chi connectivity index (χ1n) is 7.24. The minimum absolute atomic E-state index is 0.525. The Hall–Kier alpha value is -1.38. The van der Waals surface area contributed by atoms with Gasteiger partial charge in [0.15, 0.2) is 0 Å². The number of ether oxygens (including phenoxy) is 1. The van der Waals surface area contributed by atoms with Crippen LogP contribution in [-0.2, 0) is 0 Å². The Morgan fingerprint density at radius 2 is 1.84 bits per heavy atom. The molecule has 0 heterocycles. The van der Waals surface area contributed by atoms with E-state index in [4.69, 9.17) is 10.5 Å². The van der Waals surface area contributed by atoms with E-state index in [0.29, 0.717) is 12.0 Å².